The standard InChI is InChI=1S/C14H22O3/c1-3-14(15)12-6-8-13(9-7-12)17-11-5-4-10-16-2/h6-9,14-15H,3-5,10-11H2,1-2H3/t14-/m0/s1. The molecule has 0 fully saturated rings. The lowest BCUT2D eigenvalue weighted by Gasteiger charge is -2.10. The smallest absolute Gasteiger partial charge is 0.119 e. The van der Waals surface area contributed by atoms with Crippen LogP contribution in [0.15, 0.2) is 24.3 Å². The molecule has 1 N–H and O–H groups in total. The maximum atomic E-state index is 9.64. The van der Waals surface area contributed by atoms with E-state index in [1.54, 1.807) is 7.11 Å². The van der Waals surface area contributed by atoms with Crippen molar-refractivity contribution in [2.24, 2.45) is 0 Å². The quantitative estimate of drug-likeness (QED) is 0.708. The Hall–Kier alpha value is -1.06. The Balaban J connectivity index is 2.30. The molecule has 0 heterocycles. The van der Waals surface area contributed by atoms with E-state index in [9.17, 15) is 5.11 Å². The summed E-state index contributed by atoms with van der Waals surface area (Å²) in [4.78, 5) is 0. The fourth-order valence-electron chi connectivity index (χ4n) is 1.56. The Labute approximate surface area is 103 Å². The Kier molecular flexibility index (Phi) is 6.67. The van der Waals surface area contributed by atoms with Crippen molar-refractivity contribution < 1.29 is 14.6 Å². The molecule has 1 atom stereocenters. The van der Waals surface area contributed by atoms with Crippen molar-refractivity contribution in [1.82, 2.24) is 0 Å². The lowest BCUT2D eigenvalue weighted by Crippen LogP contribution is -2.00. The van der Waals surface area contributed by atoms with Gasteiger partial charge in [-0.15, -0.1) is 0 Å². The number of rotatable bonds is 8. The van der Waals surface area contributed by atoms with Crippen molar-refractivity contribution in [3.63, 3.8) is 0 Å². The largest absolute Gasteiger partial charge is 0.494 e. The molecule has 0 aromatic heterocycles. The molecule has 0 aliphatic heterocycles. The van der Waals surface area contributed by atoms with Crippen LogP contribution < -0.4 is 4.74 Å². The fourth-order valence-corrected chi connectivity index (χ4v) is 1.56. The van der Waals surface area contributed by atoms with E-state index >= 15 is 0 Å². The third-order valence-electron chi connectivity index (χ3n) is 2.66. The van der Waals surface area contributed by atoms with Gasteiger partial charge in [0.1, 0.15) is 5.75 Å². The van der Waals surface area contributed by atoms with E-state index in [-0.39, 0.29) is 6.10 Å². The second-order valence-corrected chi connectivity index (χ2v) is 4.04. The lowest BCUT2D eigenvalue weighted by atomic mass is 10.1. The molecule has 0 radical (unpaired) electrons. The molecule has 0 unspecified atom stereocenters. The van der Waals surface area contributed by atoms with Crippen LogP contribution in [-0.2, 0) is 4.74 Å². The van der Waals surface area contributed by atoms with Crippen LogP contribution in [0.4, 0.5) is 0 Å². The average Bonchev–Trinajstić information content (AvgIpc) is 2.38. The maximum Gasteiger partial charge on any atom is 0.119 e. The predicted octanol–water partition coefficient (Wildman–Crippen LogP) is 2.94. The molecule has 3 heteroatoms. The van der Waals surface area contributed by atoms with E-state index in [0.29, 0.717) is 6.61 Å². The van der Waals surface area contributed by atoms with Crippen molar-refractivity contribution in [2.45, 2.75) is 32.3 Å². The van der Waals surface area contributed by atoms with Crippen LogP contribution in [0.25, 0.3) is 0 Å². The van der Waals surface area contributed by atoms with E-state index in [1.165, 1.54) is 0 Å². The average molecular weight is 238 g/mol. The first kappa shape index (κ1) is 14.0. The first-order valence-electron chi connectivity index (χ1n) is 6.17. The molecule has 1 rings (SSSR count). The Bertz CT molecular complexity index is 295. The first-order chi connectivity index (χ1) is 8.27. The van der Waals surface area contributed by atoms with Gasteiger partial charge in [0.2, 0.25) is 0 Å². The summed E-state index contributed by atoms with van der Waals surface area (Å²) in [6, 6.07) is 7.65. The zero-order valence-corrected chi connectivity index (χ0v) is 10.7. The van der Waals surface area contributed by atoms with Crippen molar-refractivity contribution in [3.8, 4) is 5.75 Å². The Morgan fingerprint density at radius 2 is 1.76 bits per heavy atom. The molecule has 0 spiro atoms. The van der Waals surface area contributed by atoms with E-state index in [1.807, 2.05) is 31.2 Å². The maximum absolute atomic E-state index is 9.64. The van der Waals surface area contributed by atoms with Crippen LogP contribution in [0.5, 0.6) is 5.75 Å². The molecule has 0 saturated heterocycles. The highest BCUT2D eigenvalue weighted by molar-refractivity contribution is 5.28. The highest BCUT2D eigenvalue weighted by Gasteiger charge is 2.04. The molecule has 0 amide bonds. The normalized spacial score (nSPS) is 12.4. The van der Waals surface area contributed by atoms with Crippen molar-refractivity contribution in [2.75, 3.05) is 20.3 Å². The fraction of sp³-hybridized carbons (Fsp3) is 0.571. The van der Waals surface area contributed by atoms with Crippen LogP contribution in [-0.4, -0.2) is 25.4 Å². The summed E-state index contributed by atoms with van der Waals surface area (Å²) in [5.74, 6) is 0.856. The topological polar surface area (TPSA) is 38.7 Å². The lowest BCUT2D eigenvalue weighted by molar-refractivity contribution is 0.173. The number of aliphatic hydroxyl groups excluding tert-OH is 1. The van der Waals surface area contributed by atoms with Gasteiger partial charge in [0.05, 0.1) is 12.7 Å². The molecule has 0 aliphatic carbocycles. The van der Waals surface area contributed by atoms with Gasteiger partial charge in [-0.05, 0) is 37.0 Å². The van der Waals surface area contributed by atoms with Crippen molar-refractivity contribution in [3.05, 3.63) is 29.8 Å². The summed E-state index contributed by atoms with van der Waals surface area (Å²) < 4.78 is 10.5. The number of hydrogen-bond acceptors (Lipinski definition) is 3. The summed E-state index contributed by atoms with van der Waals surface area (Å²) in [7, 11) is 1.71. The van der Waals surface area contributed by atoms with Crippen LogP contribution in [0.2, 0.25) is 0 Å². The first-order valence-corrected chi connectivity index (χ1v) is 6.17. The zero-order valence-electron chi connectivity index (χ0n) is 10.7. The van der Waals surface area contributed by atoms with Gasteiger partial charge < -0.3 is 14.6 Å². The molecule has 1 aromatic rings. The second-order valence-electron chi connectivity index (χ2n) is 4.04. The van der Waals surface area contributed by atoms with E-state index < -0.39 is 0 Å². The SMILES string of the molecule is CC[C@H](O)c1ccc(OCCCCOC)cc1. The van der Waals surface area contributed by atoms with Gasteiger partial charge in [0.15, 0.2) is 0 Å². The van der Waals surface area contributed by atoms with Gasteiger partial charge in [0.25, 0.3) is 0 Å². The van der Waals surface area contributed by atoms with Crippen molar-refractivity contribution in [1.29, 1.82) is 0 Å². The molecular weight excluding hydrogens is 216 g/mol. The highest BCUT2D eigenvalue weighted by atomic mass is 16.5. The third kappa shape index (κ3) is 5.20. The van der Waals surface area contributed by atoms with E-state index in [4.69, 9.17) is 9.47 Å². The summed E-state index contributed by atoms with van der Waals surface area (Å²) in [5, 5.41) is 9.64. The van der Waals surface area contributed by atoms with Crippen molar-refractivity contribution >= 4 is 0 Å². The Morgan fingerprint density at radius 3 is 2.35 bits per heavy atom. The number of benzene rings is 1. The van der Waals surface area contributed by atoms with Crippen LogP contribution in [0.1, 0.15) is 37.9 Å². The van der Waals surface area contributed by atoms with Crippen LogP contribution >= 0.6 is 0 Å². The number of methoxy groups -OCH3 is 1. The Morgan fingerprint density at radius 1 is 1.12 bits per heavy atom. The minimum atomic E-state index is -0.370. The van der Waals surface area contributed by atoms with Gasteiger partial charge in [0, 0.05) is 13.7 Å². The van der Waals surface area contributed by atoms with E-state index in [0.717, 1.165) is 37.2 Å². The van der Waals surface area contributed by atoms with Gasteiger partial charge >= 0.3 is 0 Å². The summed E-state index contributed by atoms with van der Waals surface area (Å²) in [6.45, 7) is 3.45. The summed E-state index contributed by atoms with van der Waals surface area (Å²) in [6.07, 6.45) is 2.37. The minimum absolute atomic E-state index is 0.370. The van der Waals surface area contributed by atoms with E-state index in [2.05, 4.69) is 0 Å². The molecule has 0 aliphatic rings. The highest BCUT2D eigenvalue weighted by Crippen LogP contribution is 2.19. The zero-order chi connectivity index (χ0) is 12.5. The minimum Gasteiger partial charge on any atom is -0.494 e. The van der Waals surface area contributed by atoms with Gasteiger partial charge in [-0.3, -0.25) is 0 Å². The summed E-state index contributed by atoms with van der Waals surface area (Å²) >= 11 is 0. The van der Waals surface area contributed by atoms with Crippen LogP contribution in [0, 0.1) is 0 Å². The molecule has 1 aromatic carbocycles. The van der Waals surface area contributed by atoms with Gasteiger partial charge in [-0.25, -0.2) is 0 Å². The molecule has 3 nitrogen and oxygen atoms in total. The van der Waals surface area contributed by atoms with Gasteiger partial charge in [-0.2, -0.15) is 0 Å². The monoisotopic (exact) mass is 238 g/mol. The van der Waals surface area contributed by atoms with Gasteiger partial charge in [-0.1, -0.05) is 19.1 Å². The summed E-state index contributed by atoms with van der Waals surface area (Å²) in [5.41, 5.74) is 0.944. The molecule has 17 heavy (non-hydrogen) atoms. The third-order valence-corrected chi connectivity index (χ3v) is 2.66. The second kappa shape index (κ2) is 8.09. The number of hydrogen-bond donors (Lipinski definition) is 1. The molecule has 96 valence electrons. The number of ether oxygens (including phenoxy) is 2. The number of unbranched alkanes of at least 4 members (excludes halogenated alkanes) is 1. The van der Waals surface area contributed by atoms with Crippen LogP contribution in [0.3, 0.4) is 0 Å². The number of aliphatic hydroxyl groups is 1. The predicted molar refractivity (Wildman–Crippen MR) is 68.3 cm³/mol. The molecular formula is C14H22O3. The molecule has 0 bridgehead atoms. The molecule has 0 saturated carbocycles.